The predicted octanol–water partition coefficient (Wildman–Crippen LogP) is 3.25. The van der Waals surface area contributed by atoms with Crippen LogP contribution in [0.2, 0.25) is 0 Å². The Morgan fingerprint density at radius 3 is 2.84 bits per heavy atom. The van der Waals surface area contributed by atoms with E-state index in [0.717, 1.165) is 5.92 Å². The van der Waals surface area contributed by atoms with Crippen LogP contribution in [0.1, 0.15) is 39.0 Å². The van der Waals surface area contributed by atoms with Crippen LogP contribution in [0.4, 0.5) is 10.3 Å². The predicted molar refractivity (Wildman–Crippen MR) is 72.6 cm³/mol. The fourth-order valence-corrected chi connectivity index (χ4v) is 2.82. The minimum absolute atomic E-state index is 0.299. The zero-order valence-electron chi connectivity index (χ0n) is 11.1. The number of nitrogens with one attached hydrogen (secondary N) is 1. The second-order valence-corrected chi connectivity index (χ2v) is 5.36. The summed E-state index contributed by atoms with van der Waals surface area (Å²) >= 11 is 0. The third-order valence-electron chi connectivity index (χ3n) is 4.05. The summed E-state index contributed by atoms with van der Waals surface area (Å²) in [4.78, 5) is 4.36. The fraction of sp³-hybridized carbons (Fsp3) is 0.571. The first kappa shape index (κ1) is 12.4. The number of nitrogens with zero attached hydrogens (tertiary/aromatic N) is 3. The Morgan fingerprint density at radius 1 is 1.32 bits per heavy atom. The van der Waals surface area contributed by atoms with Crippen molar-refractivity contribution in [1.29, 1.82) is 0 Å². The number of pyridine rings is 1. The Bertz CT molecular complexity index is 558. The van der Waals surface area contributed by atoms with Crippen molar-refractivity contribution in [3.63, 3.8) is 0 Å². The first-order valence-electron chi connectivity index (χ1n) is 7.03. The molecule has 3 rings (SSSR count). The van der Waals surface area contributed by atoms with Gasteiger partial charge in [-0.2, -0.15) is 4.98 Å². The third-order valence-corrected chi connectivity index (χ3v) is 4.05. The molecule has 0 aliphatic heterocycles. The van der Waals surface area contributed by atoms with Crippen molar-refractivity contribution in [3.05, 3.63) is 24.1 Å². The lowest BCUT2D eigenvalue weighted by Gasteiger charge is -2.27. The van der Waals surface area contributed by atoms with E-state index >= 15 is 0 Å². The van der Waals surface area contributed by atoms with Crippen molar-refractivity contribution < 1.29 is 4.39 Å². The zero-order chi connectivity index (χ0) is 13.2. The van der Waals surface area contributed by atoms with E-state index in [0.29, 0.717) is 17.6 Å². The fourth-order valence-electron chi connectivity index (χ4n) is 2.82. The average molecular weight is 262 g/mol. The van der Waals surface area contributed by atoms with Crippen molar-refractivity contribution in [2.75, 3.05) is 5.32 Å². The highest BCUT2D eigenvalue weighted by molar-refractivity contribution is 5.43. The molecule has 0 atom stereocenters. The summed E-state index contributed by atoms with van der Waals surface area (Å²) in [5, 5.41) is 7.63. The maximum Gasteiger partial charge on any atom is 0.243 e. The largest absolute Gasteiger partial charge is 0.350 e. The molecule has 5 heteroatoms. The summed E-state index contributed by atoms with van der Waals surface area (Å²) in [7, 11) is 0. The molecule has 19 heavy (non-hydrogen) atoms. The van der Waals surface area contributed by atoms with Crippen LogP contribution in [0.5, 0.6) is 0 Å². The Balaban J connectivity index is 1.68. The normalized spacial score (nSPS) is 23.7. The number of hydrogen-bond acceptors (Lipinski definition) is 3. The minimum atomic E-state index is -0.299. The van der Waals surface area contributed by atoms with Crippen molar-refractivity contribution in [3.8, 4) is 0 Å². The van der Waals surface area contributed by atoms with Crippen molar-refractivity contribution in [1.82, 2.24) is 14.6 Å². The Morgan fingerprint density at radius 2 is 2.11 bits per heavy atom. The SMILES string of the molecule is CCC1CCC(Nc2nc3ccc(F)cn3n2)CC1. The highest BCUT2D eigenvalue weighted by Gasteiger charge is 2.20. The van der Waals surface area contributed by atoms with E-state index in [-0.39, 0.29) is 5.82 Å². The molecule has 102 valence electrons. The Kier molecular flexibility index (Phi) is 3.36. The molecule has 2 aromatic heterocycles. The van der Waals surface area contributed by atoms with Crippen LogP contribution in [0, 0.1) is 11.7 Å². The molecule has 0 spiro atoms. The minimum Gasteiger partial charge on any atom is -0.350 e. The summed E-state index contributed by atoms with van der Waals surface area (Å²) in [6.45, 7) is 2.26. The lowest BCUT2D eigenvalue weighted by molar-refractivity contribution is 0.329. The van der Waals surface area contributed by atoms with E-state index in [1.807, 2.05) is 0 Å². The maximum absolute atomic E-state index is 13.1. The molecule has 0 amide bonds. The van der Waals surface area contributed by atoms with E-state index in [4.69, 9.17) is 0 Å². The third kappa shape index (κ3) is 2.69. The number of halogens is 1. The second kappa shape index (κ2) is 5.15. The summed E-state index contributed by atoms with van der Waals surface area (Å²) < 4.78 is 14.6. The zero-order valence-corrected chi connectivity index (χ0v) is 11.1. The van der Waals surface area contributed by atoms with Gasteiger partial charge in [-0.1, -0.05) is 13.3 Å². The van der Waals surface area contributed by atoms with Gasteiger partial charge in [0.15, 0.2) is 5.65 Å². The van der Waals surface area contributed by atoms with E-state index in [9.17, 15) is 4.39 Å². The smallest absolute Gasteiger partial charge is 0.243 e. The highest BCUT2D eigenvalue weighted by Crippen LogP contribution is 2.27. The molecule has 4 nitrogen and oxygen atoms in total. The summed E-state index contributed by atoms with van der Waals surface area (Å²) in [6.07, 6.45) is 7.51. The van der Waals surface area contributed by atoms with Crippen LogP contribution in [0.15, 0.2) is 18.3 Å². The second-order valence-electron chi connectivity index (χ2n) is 5.36. The van der Waals surface area contributed by atoms with Gasteiger partial charge in [-0.25, -0.2) is 8.91 Å². The van der Waals surface area contributed by atoms with Gasteiger partial charge < -0.3 is 5.32 Å². The maximum atomic E-state index is 13.1. The molecule has 0 bridgehead atoms. The van der Waals surface area contributed by atoms with Gasteiger partial charge in [-0.05, 0) is 43.7 Å². The molecule has 1 saturated carbocycles. The molecular weight excluding hydrogens is 243 g/mol. The number of fused-ring (bicyclic) bond motifs is 1. The molecule has 0 saturated heterocycles. The molecule has 1 aliphatic rings. The lowest BCUT2D eigenvalue weighted by atomic mass is 9.85. The molecular formula is C14H19FN4. The van der Waals surface area contributed by atoms with E-state index < -0.39 is 0 Å². The Hall–Kier alpha value is -1.65. The van der Waals surface area contributed by atoms with Gasteiger partial charge in [0.25, 0.3) is 0 Å². The molecule has 0 radical (unpaired) electrons. The van der Waals surface area contributed by atoms with Crippen LogP contribution in [0.25, 0.3) is 5.65 Å². The van der Waals surface area contributed by atoms with E-state index in [1.165, 1.54) is 48.9 Å². The van der Waals surface area contributed by atoms with Gasteiger partial charge in [-0.15, -0.1) is 5.10 Å². The van der Waals surface area contributed by atoms with Crippen molar-refractivity contribution >= 4 is 11.6 Å². The first-order valence-corrected chi connectivity index (χ1v) is 7.03. The highest BCUT2D eigenvalue weighted by atomic mass is 19.1. The first-order chi connectivity index (χ1) is 9.24. The summed E-state index contributed by atoms with van der Waals surface area (Å²) in [6, 6.07) is 3.49. The molecule has 2 heterocycles. The standard InChI is InChI=1S/C14H19FN4/c1-2-10-3-6-12(7-4-10)16-14-17-13-8-5-11(15)9-19(13)18-14/h5,8-10,12H,2-4,6-7H2,1H3,(H,16,18). The molecule has 1 fully saturated rings. The topological polar surface area (TPSA) is 42.2 Å². The van der Waals surface area contributed by atoms with E-state index in [2.05, 4.69) is 22.3 Å². The summed E-state index contributed by atoms with van der Waals surface area (Å²) in [5.41, 5.74) is 0.672. The van der Waals surface area contributed by atoms with Gasteiger partial charge in [-0.3, -0.25) is 0 Å². The average Bonchev–Trinajstić information content (AvgIpc) is 2.81. The molecule has 0 unspecified atom stereocenters. The van der Waals surface area contributed by atoms with Gasteiger partial charge in [0.2, 0.25) is 5.95 Å². The number of rotatable bonds is 3. The Labute approximate surface area is 112 Å². The van der Waals surface area contributed by atoms with Gasteiger partial charge in [0.05, 0.1) is 6.20 Å². The molecule has 0 aromatic carbocycles. The van der Waals surface area contributed by atoms with Gasteiger partial charge in [0.1, 0.15) is 5.82 Å². The van der Waals surface area contributed by atoms with Crippen LogP contribution < -0.4 is 5.32 Å². The van der Waals surface area contributed by atoms with Crippen molar-refractivity contribution in [2.45, 2.75) is 45.1 Å². The summed E-state index contributed by atoms with van der Waals surface area (Å²) in [5.74, 6) is 1.18. The van der Waals surface area contributed by atoms with Crippen LogP contribution in [-0.2, 0) is 0 Å². The van der Waals surface area contributed by atoms with Crippen LogP contribution in [-0.4, -0.2) is 20.6 Å². The molecule has 1 N–H and O–H groups in total. The van der Waals surface area contributed by atoms with Crippen LogP contribution in [0.3, 0.4) is 0 Å². The molecule has 2 aromatic rings. The number of hydrogen-bond donors (Lipinski definition) is 1. The van der Waals surface area contributed by atoms with Gasteiger partial charge in [0, 0.05) is 6.04 Å². The number of anilines is 1. The van der Waals surface area contributed by atoms with Gasteiger partial charge >= 0.3 is 0 Å². The quantitative estimate of drug-likeness (QED) is 0.923. The lowest BCUT2D eigenvalue weighted by Crippen LogP contribution is -2.26. The molecule has 1 aliphatic carbocycles. The van der Waals surface area contributed by atoms with Crippen LogP contribution >= 0.6 is 0 Å². The van der Waals surface area contributed by atoms with E-state index in [1.54, 1.807) is 6.07 Å². The van der Waals surface area contributed by atoms with Crippen molar-refractivity contribution in [2.24, 2.45) is 5.92 Å². The number of aromatic nitrogens is 3. The monoisotopic (exact) mass is 262 g/mol.